The van der Waals surface area contributed by atoms with Crippen molar-refractivity contribution in [1.82, 2.24) is 5.32 Å². The van der Waals surface area contributed by atoms with E-state index in [2.05, 4.69) is 10.6 Å². The van der Waals surface area contributed by atoms with Gasteiger partial charge < -0.3 is 10.6 Å². The molecule has 0 spiro atoms. The third-order valence-electron chi connectivity index (χ3n) is 4.85. The quantitative estimate of drug-likeness (QED) is 0.872. The molecule has 0 radical (unpaired) electrons. The molecule has 3 atom stereocenters. The Morgan fingerprint density at radius 2 is 2.00 bits per heavy atom. The third-order valence-corrected chi connectivity index (χ3v) is 4.85. The normalized spacial score (nSPS) is 28.4. The molecule has 3 unspecified atom stereocenters. The Balaban J connectivity index is 1.53. The van der Waals surface area contributed by atoms with Crippen LogP contribution in [-0.4, -0.2) is 19.5 Å². The average molecular weight is 258 g/mol. The highest BCUT2D eigenvalue weighted by Gasteiger charge is 2.39. The molecule has 3 heteroatoms. The van der Waals surface area contributed by atoms with E-state index in [-0.39, 0.29) is 5.91 Å². The Morgan fingerprint density at radius 3 is 2.58 bits per heavy atom. The van der Waals surface area contributed by atoms with Gasteiger partial charge in [-0.1, -0.05) is 6.42 Å². The highest BCUT2D eigenvalue weighted by Crippen LogP contribution is 2.47. The van der Waals surface area contributed by atoms with E-state index in [0.29, 0.717) is 0 Å². The molecular weight excluding hydrogens is 236 g/mol. The second-order valence-corrected chi connectivity index (χ2v) is 5.97. The van der Waals surface area contributed by atoms with Crippen LogP contribution in [0.3, 0.4) is 0 Å². The first kappa shape index (κ1) is 12.5. The van der Waals surface area contributed by atoms with Gasteiger partial charge in [-0.15, -0.1) is 0 Å². The van der Waals surface area contributed by atoms with E-state index in [1.807, 2.05) is 31.3 Å². The average Bonchev–Trinajstić information content (AvgIpc) is 3.07. The first-order valence-corrected chi connectivity index (χ1v) is 7.32. The minimum absolute atomic E-state index is 0.0606. The van der Waals surface area contributed by atoms with Crippen LogP contribution >= 0.6 is 0 Å². The molecule has 2 aliphatic rings. The van der Waals surface area contributed by atoms with Crippen molar-refractivity contribution in [2.24, 2.45) is 17.8 Å². The molecule has 0 heterocycles. The van der Waals surface area contributed by atoms with Gasteiger partial charge >= 0.3 is 0 Å². The number of hydrogen-bond acceptors (Lipinski definition) is 2. The second kappa shape index (κ2) is 5.24. The number of fused-ring (bicyclic) bond motifs is 2. The van der Waals surface area contributed by atoms with Crippen LogP contribution in [0.5, 0.6) is 0 Å². The van der Waals surface area contributed by atoms with Gasteiger partial charge in [0.05, 0.1) is 0 Å². The molecule has 19 heavy (non-hydrogen) atoms. The zero-order chi connectivity index (χ0) is 13.2. The molecule has 3 rings (SSSR count). The zero-order valence-corrected chi connectivity index (χ0v) is 11.5. The number of amides is 1. The molecule has 0 aromatic heterocycles. The number of anilines is 1. The van der Waals surface area contributed by atoms with Crippen LogP contribution in [0.1, 0.15) is 36.0 Å². The molecule has 2 N–H and O–H groups in total. The Hall–Kier alpha value is -1.51. The van der Waals surface area contributed by atoms with E-state index in [9.17, 15) is 4.79 Å². The molecule has 0 aliphatic heterocycles. The van der Waals surface area contributed by atoms with Crippen molar-refractivity contribution in [2.75, 3.05) is 18.9 Å². The van der Waals surface area contributed by atoms with Gasteiger partial charge in [-0.3, -0.25) is 4.79 Å². The molecule has 2 bridgehead atoms. The molecule has 2 saturated carbocycles. The van der Waals surface area contributed by atoms with Crippen LogP contribution in [0.4, 0.5) is 5.69 Å². The van der Waals surface area contributed by atoms with Crippen molar-refractivity contribution < 1.29 is 4.79 Å². The summed E-state index contributed by atoms with van der Waals surface area (Å²) in [5, 5.41) is 6.16. The van der Waals surface area contributed by atoms with E-state index in [0.717, 1.165) is 35.5 Å². The topological polar surface area (TPSA) is 41.1 Å². The molecule has 1 aromatic carbocycles. The predicted molar refractivity (Wildman–Crippen MR) is 77.3 cm³/mol. The van der Waals surface area contributed by atoms with Crippen LogP contribution in [0.25, 0.3) is 0 Å². The minimum atomic E-state index is 0.0606. The van der Waals surface area contributed by atoms with E-state index in [1.165, 1.54) is 25.7 Å². The number of carbonyl (C=O) groups is 1. The lowest BCUT2D eigenvalue weighted by molar-refractivity contribution is 0.0942. The summed E-state index contributed by atoms with van der Waals surface area (Å²) < 4.78 is 0. The number of benzene rings is 1. The smallest absolute Gasteiger partial charge is 0.251 e. The van der Waals surface area contributed by atoms with E-state index >= 15 is 0 Å². The molecule has 2 aliphatic carbocycles. The van der Waals surface area contributed by atoms with E-state index < -0.39 is 0 Å². The highest BCUT2D eigenvalue weighted by molar-refractivity contribution is 5.94. The fraction of sp³-hybridized carbons (Fsp3) is 0.562. The molecular formula is C16H22N2O. The predicted octanol–water partition coefficient (Wildman–Crippen LogP) is 2.89. The van der Waals surface area contributed by atoms with Crippen molar-refractivity contribution in [2.45, 2.75) is 25.7 Å². The van der Waals surface area contributed by atoms with Gasteiger partial charge in [-0.05, 0) is 61.3 Å². The van der Waals surface area contributed by atoms with Crippen molar-refractivity contribution in [1.29, 1.82) is 0 Å². The number of carbonyl (C=O) groups excluding carboxylic acids is 1. The fourth-order valence-corrected chi connectivity index (χ4v) is 3.74. The Kier molecular flexibility index (Phi) is 3.45. The van der Waals surface area contributed by atoms with E-state index in [1.54, 1.807) is 0 Å². The zero-order valence-electron chi connectivity index (χ0n) is 11.5. The molecule has 3 nitrogen and oxygen atoms in total. The number of hydrogen-bond donors (Lipinski definition) is 2. The van der Waals surface area contributed by atoms with Crippen LogP contribution in [0, 0.1) is 17.8 Å². The maximum atomic E-state index is 12.1. The summed E-state index contributed by atoms with van der Waals surface area (Å²) in [5.74, 6) is 2.60. The van der Waals surface area contributed by atoms with Gasteiger partial charge in [0.2, 0.25) is 0 Å². The van der Waals surface area contributed by atoms with Gasteiger partial charge in [-0.25, -0.2) is 0 Å². The van der Waals surface area contributed by atoms with Crippen molar-refractivity contribution in [3.05, 3.63) is 29.8 Å². The molecule has 2 fully saturated rings. The van der Waals surface area contributed by atoms with Crippen LogP contribution < -0.4 is 10.6 Å². The number of rotatable bonds is 4. The first-order chi connectivity index (χ1) is 9.26. The summed E-state index contributed by atoms with van der Waals surface area (Å²) in [5.41, 5.74) is 1.78. The van der Waals surface area contributed by atoms with Gasteiger partial charge in [0.1, 0.15) is 0 Å². The highest BCUT2D eigenvalue weighted by atomic mass is 16.1. The van der Waals surface area contributed by atoms with Crippen LogP contribution in [0.15, 0.2) is 24.3 Å². The lowest BCUT2D eigenvalue weighted by Gasteiger charge is -2.21. The van der Waals surface area contributed by atoms with Crippen LogP contribution in [-0.2, 0) is 0 Å². The third kappa shape index (κ3) is 2.60. The van der Waals surface area contributed by atoms with E-state index in [4.69, 9.17) is 0 Å². The lowest BCUT2D eigenvalue weighted by atomic mass is 9.89. The molecule has 1 amide bonds. The summed E-state index contributed by atoms with van der Waals surface area (Å²) in [4.78, 5) is 12.1. The monoisotopic (exact) mass is 258 g/mol. The Labute approximate surface area is 114 Å². The summed E-state index contributed by atoms with van der Waals surface area (Å²) in [6.45, 7) is 0.855. The van der Waals surface area contributed by atoms with Gasteiger partial charge in [0.25, 0.3) is 5.91 Å². The SMILES string of the molecule is CNc1ccc(C(=O)NCC2CC3CCC2C3)cc1. The molecule has 1 aromatic rings. The Bertz CT molecular complexity index is 454. The van der Waals surface area contributed by atoms with Crippen LogP contribution in [0.2, 0.25) is 0 Å². The van der Waals surface area contributed by atoms with Crippen molar-refractivity contribution in [3.8, 4) is 0 Å². The standard InChI is InChI=1S/C16H22N2O/c1-17-15-6-4-12(5-7-15)16(19)18-10-14-9-11-2-3-13(14)8-11/h4-7,11,13-14,17H,2-3,8-10H2,1H3,(H,18,19). The largest absolute Gasteiger partial charge is 0.388 e. The number of nitrogens with one attached hydrogen (secondary N) is 2. The molecule has 0 saturated heterocycles. The maximum Gasteiger partial charge on any atom is 0.251 e. The summed E-state index contributed by atoms with van der Waals surface area (Å²) >= 11 is 0. The van der Waals surface area contributed by atoms with Crippen molar-refractivity contribution >= 4 is 11.6 Å². The lowest BCUT2D eigenvalue weighted by Crippen LogP contribution is -2.31. The summed E-state index contributed by atoms with van der Waals surface area (Å²) in [7, 11) is 1.88. The second-order valence-electron chi connectivity index (χ2n) is 5.97. The van der Waals surface area contributed by atoms with Gasteiger partial charge in [-0.2, -0.15) is 0 Å². The Morgan fingerprint density at radius 1 is 1.21 bits per heavy atom. The summed E-state index contributed by atoms with van der Waals surface area (Å²) in [6.07, 6.45) is 5.52. The van der Waals surface area contributed by atoms with Crippen molar-refractivity contribution in [3.63, 3.8) is 0 Å². The van der Waals surface area contributed by atoms with Gasteiger partial charge in [0.15, 0.2) is 0 Å². The minimum Gasteiger partial charge on any atom is -0.388 e. The summed E-state index contributed by atoms with van der Waals surface area (Å²) in [6, 6.07) is 7.63. The van der Waals surface area contributed by atoms with Gasteiger partial charge in [0, 0.05) is 24.8 Å². The first-order valence-electron chi connectivity index (χ1n) is 7.32. The fourth-order valence-electron chi connectivity index (χ4n) is 3.74. The molecule has 102 valence electrons. The maximum absolute atomic E-state index is 12.1.